The largest absolute Gasteiger partial charge is 0.616 e. The number of aromatic nitrogens is 1. The van der Waals surface area contributed by atoms with Crippen LogP contribution in [0.5, 0.6) is 0 Å². The summed E-state index contributed by atoms with van der Waals surface area (Å²) in [5, 5.41) is 15.6. The van der Waals surface area contributed by atoms with E-state index in [9.17, 15) is 22.8 Å². The van der Waals surface area contributed by atoms with Crippen LogP contribution in [-0.2, 0) is 9.84 Å². The maximum atomic E-state index is 14.5. The molecule has 0 spiro atoms. The van der Waals surface area contributed by atoms with Gasteiger partial charge in [-0.2, -0.15) is 0 Å². The Kier molecular flexibility index (Phi) is 4.53. The summed E-state index contributed by atoms with van der Waals surface area (Å²) >= 11 is 0. The summed E-state index contributed by atoms with van der Waals surface area (Å²) in [6.45, 7) is 3.81. The van der Waals surface area contributed by atoms with Crippen molar-refractivity contribution in [1.29, 1.82) is 0 Å². The van der Waals surface area contributed by atoms with Gasteiger partial charge in [-0.3, -0.25) is 4.79 Å². The number of carbonyl (C=O) groups is 1. The summed E-state index contributed by atoms with van der Waals surface area (Å²) in [7, 11) is -3.35. The molecule has 3 rings (SSSR count). The van der Waals surface area contributed by atoms with Gasteiger partial charge in [0.1, 0.15) is 0 Å². The minimum absolute atomic E-state index is 0.0764. The van der Waals surface area contributed by atoms with Crippen molar-refractivity contribution in [3.63, 3.8) is 0 Å². The highest BCUT2D eigenvalue weighted by Crippen LogP contribution is 2.23. The zero-order chi connectivity index (χ0) is 19.1. The second-order valence-corrected chi connectivity index (χ2v) is 8.19. The molecular formula is C18H17FN2O4S. The molecule has 6 nitrogen and oxygen atoms in total. The molecule has 1 unspecified atom stereocenters. The van der Waals surface area contributed by atoms with Gasteiger partial charge in [0.2, 0.25) is 0 Å². The van der Waals surface area contributed by atoms with Crippen molar-refractivity contribution in [3.05, 3.63) is 69.8 Å². The van der Waals surface area contributed by atoms with Crippen molar-refractivity contribution in [3.8, 4) is 11.1 Å². The smallest absolute Gasteiger partial charge is 0.379 e. The predicted octanol–water partition coefficient (Wildman–Crippen LogP) is 1.78. The van der Waals surface area contributed by atoms with Crippen LogP contribution in [0.3, 0.4) is 0 Å². The Labute approximate surface area is 150 Å². The minimum atomic E-state index is -3.35. The Hall–Kier alpha value is -2.74. The van der Waals surface area contributed by atoms with Crippen LogP contribution >= 0.6 is 0 Å². The molecule has 1 aromatic carbocycles. The summed E-state index contributed by atoms with van der Waals surface area (Å²) in [6, 6.07) is 7.14. The first-order valence-electron chi connectivity index (χ1n) is 7.89. The van der Waals surface area contributed by atoms with Crippen molar-refractivity contribution < 1.29 is 22.3 Å². The number of halogens is 1. The van der Waals surface area contributed by atoms with Crippen molar-refractivity contribution in [2.75, 3.05) is 5.75 Å². The van der Waals surface area contributed by atoms with Gasteiger partial charge in [-0.15, -0.1) is 9.12 Å². The topological polar surface area (TPSA) is 90.2 Å². The summed E-state index contributed by atoms with van der Waals surface area (Å²) < 4.78 is 37.2. The van der Waals surface area contributed by atoms with Crippen LogP contribution in [0.2, 0.25) is 0 Å². The number of hydrogen-bond donors (Lipinski definition) is 1. The van der Waals surface area contributed by atoms with E-state index in [1.165, 1.54) is 18.2 Å². The van der Waals surface area contributed by atoms with Crippen LogP contribution < -0.4 is 10.0 Å². The van der Waals surface area contributed by atoms with Crippen LogP contribution in [0.25, 0.3) is 11.1 Å². The number of carbonyl (C=O) groups excluding carboxylic acids is 1. The third-order valence-corrected chi connectivity index (χ3v) is 5.72. The van der Waals surface area contributed by atoms with Crippen molar-refractivity contribution in [2.45, 2.75) is 19.9 Å². The van der Waals surface area contributed by atoms with Gasteiger partial charge < -0.3 is 10.5 Å². The Balaban J connectivity index is 1.88. The van der Waals surface area contributed by atoms with E-state index < -0.39 is 33.4 Å². The number of aryl methyl sites for hydroxylation is 2. The fraction of sp³-hybridized carbons (Fsp3) is 0.222. The molecule has 2 heterocycles. The van der Waals surface area contributed by atoms with Crippen molar-refractivity contribution in [2.24, 2.45) is 0 Å². The molecule has 2 aromatic rings. The summed E-state index contributed by atoms with van der Waals surface area (Å²) in [6.07, 6.45) is 1.32. The van der Waals surface area contributed by atoms with E-state index in [4.69, 9.17) is 0 Å². The highest BCUT2D eigenvalue weighted by atomic mass is 32.2. The molecule has 0 radical (unpaired) electrons. The number of pyridine rings is 1. The number of nitrogens with zero attached hydrogens (tertiary/aromatic N) is 1. The van der Waals surface area contributed by atoms with Crippen LogP contribution in [0.15, 0.2) is 41.8 Å². The lowest BCUT2D eigenvalue weighted by atomic mass is 10.0. The third kappa shape index (κ3) is 3.45. The number of sulfone groups is 1. The van der Waals surface area contributed by atoms with Crippen LogP contribution in [0.4, 0.5) is 4.39 Å². The van der Waals surface area contributed by atoms with Gasteiger partial charge in [0.15, 0.2) is 9.84 Å². The number of hydrogen-bond acceptors (Lipinski definition) is 4. The normalized spacial score (nSPS) is 18.0. The zero-order valence-corrected chi connectivity index (χ0v) is 15.0. The fourth-order valence-electron chi connectivity index (χ4n) is 2.71. The molecule has 0 saturated heterocycles. The van der Waals surface area contributed by atoms with E-state index in [0.717, 1.165) is 16.5 Å². The standard InChI is InChI=1S/C18H17FN2O4S/c1-11-3-4-13(9-12(11)2)15-5-6-16(21(23)17(15)19)18(22)20-14-7-8-26(24,25)10-14/h3-9,14H,10H2,1-2H3,(H,20,22). The van der Waals surface area contributed by atoms with Gasteiger partial charge in [-0.05, 0) is 42.7 Å². The molecule has 1 atom stereocenters. The molecule has 8 heteroatoms. The second-order valence-electron chi connectivity index (χ2n) is 6.25. The fourth-order valence-corrected chi connectivity index (χ4v) is 3.95. The number of benzene rings is 1. The lowest BCUT2D eigenvalue weighted by Crippen LogP contribution is -2.45. The van der Waals surface area contributed by atoms with E-state index >= 15 is 0 Å². The highest BCUT2D eigenvalue weighted by molar-refractivity contribution is 7.94. The molecule has 1 N–H and O–H groups in total. The van der Waals surface area contributed by atoms with E-state index in [2.05, 4.69) is 5.32 Å². The highest BCUT2D eigenvalue weighted by Gasteiger charge is 2.28. The van der Waals surface area contributed by atoms with Gasteiger partial charge in [0.05, 0.1) is 17.4 Å². The van der Waals surface area contributed by atoms with Gasteiger partial charge in [-0.25, -0.2) is 8.42 Å². The lowest BCUT2D eigenvalue weighted by molar-refractivity contribution is -0.638. The van der Waals surface area contributed by atoms with Gasteiger partial charge in [0.25, 0.3) is 5.69 Å². The molecule has 0 saturated carbocycles. The molecule has 0 bridgehead atoms. The van der Waals surface area contributed by atoms with Crippen molar-refractivity contribution in [1.82, 2.24) is 5.32 Å². The number of amides is 1. The monoisotopic (exact) mass is 376 g/mol. The number of nitrogens with one attached hydrogen (secondary N) is 1. The molecule has 26 heavy (non-hydrogen) atoms. The molecule has 1 aliphatic heterocycles. The quantitative estimate of drug-likeness (QED) is 0.502. The average molecular weight is 376 g/mol. The Bertz CT molecular complexity index is 1030. The molecule has 136 valence electrons. The first kappa shape index (κ1) is 18.1. The van der Waals surface area contributed by atoms with E-state index in [1.54, 1.807) is 12.1 Å². The van der Waals surface area contributed by atoms with Gasteiger partial charge in [0, 0.05) is 11.5 Å². The Morgan fingerprint density at radius 2 is 1.96 bits per heavy atom. The number of rotatable bonds is 3. The first-order chi connectivity index (χ1) is 12.2. The first-order valence-corrected chi connectivity index (χ1v) is 9.61. The lowest BCUT2D eigenvalue weighted by Gasteiger charge is -2.12. The maximum absolute atomic E-state index is 14.5. The average Bonchev–Trinajstić information content (AvgIpc) is 2.91. The minimum Gasteiger partial charge on any atom is -0.616 e. The molecule has 1 aromatic heterocycles. The van der Waals surface area contributed by atoms with Crippen molar-refractivity contribution >= 4 is 15.7 Å². The predicted molar refractivity (Wildman–Crippen MR) is 94.5 cm³/mol. The van der Waals surface area contributed by atoms with Gasteiger partial charge in [-0.1, -0.05) is 18.2 Å². The van der Waals surface area contributed by atoms with Gasteiger partial charge >= 0.3 is 11.9 Å². The SMILES string of the molecule is Cc1ccc(-c2ccc(C(=O)NC3C=CS(=O)(=O)C3)[n+]([O-])c2F)cc1C. The molecular weight excluding hydrogens is 359 g/mol. The summed E-state index contributed by atoms with van der Waals surface area (Å²) in [5.41, 5.74) is 2.18. The van der Waals surface area contributed by atoms with Crippen LogP contribution in [-0.4, -0.2) is 26.1 Å². The van der Waals surface area contributed by atoms with E-state index in [-0.39, 0.29) is 16.0 Å². The van der Waals surface area contributed by atoms with E-state index in [0.29, 0.717) is 5.56 Å². The Morgan fingerprint density at radius 1 is 1.23 bits per heavy atom. The molecule has 0 fully saturated rings. The van der Waals surface area contributed by atoms with Crippen LogP contribution in [0, 0.1) is 25.0 Å². The Morgan fingerprint density at radius 3 is 2.58 bits per heavy atom. The summed E-state index contributed by atoms with van der Waals surface area (Å²) in [4.78, 5) is 12.2. The zero-order valence-electron chi connectivity index (χ0n) is 14.2. The second kappa shape index (κ2) is 6.53. The third-order valence-electron chi connectivity index (χ3n) is 4.32. The molecule has 0 aliphatic carbocycles. The summed E-state index contributed by atoms with van der Waals surface area (Å²) in [5.74, 6) is -2.20. The maximum Gasteiger partial charge on any atom is 0.379 e. The van der Waals surface area contributed by atoms with E-state index in [1.807, 2.05) is 19.9 Å². The van der Waals surface area contributed by atoms with Crippen LogP contribution in [0.1, 0.15) is 21.6 Å². The molecule has 1 amide bonds. The molecule has 1 aliphatic rings.